The van der Waals surface area contributed by atoms with Crippen molar-refractivity contribution in [2.75, 3.05) is 13.1 Å². The zero-order valence-corrected chi connectivity index (χ0v) is 19.3. The quantitative estimate of drug-likeness (QED) is 0.370. The molecule has 1 saturated heterocycles. The molecule has 4 N–H and O–H groups in total. The Balaban J connectivity index is 1.49. The number of allylic oxidation sites excluding steroid dienone is 1. The molecule has 4 rings (SSSR count). The van der Waals surface area contributed by atoms with Gasteiger partial charge in [0.05, 0.1) is 16.9 Å². The molecule has 7 heteroatoms. The number of nitrogens with two attached hydrogens (primary N) is 1. The molecule has 0 saturated carbocycles. The van der Waals surface area contributed by atoms with Crippen LogP contribution >= 0.6 is 0 Å². The molecule has 33 heavy (non-hydrogen) atoms. The van der Waals surface area contributed by atoms with Crippen LogP contribution < -0.4 is 10.5 Å². The molecule has 3 aromatic rings. The summed E-state index contributed by atoms with van der Waals surface area (Å²) in [5.41, 5.74) is 9.39. The smallest absolute Gasteiger partial charge is 0.122 e. The molecule has 7 nitrogen and oxygen atoms in total. The number of nitrogens with one attached hydrogen (secondary N) is 2. The van der Waals surface area contributed by atoms with Gasteiger partial charge in [-0.25, -0.2) is 4.98 Å². The average Bonchev–Trinajstić information content (AvgIpc) is 3.17. The van der Waals surface area contributed by atoms with E-state index in [1.807, 2.05) is 43.3 Å². The van der Waals surface area contributed by atoms with Gasteiger partial charge < -0.3 is 19.9 Å². The maximum atomic E-state index is 7.80. The van der Waals surface area contributed by atoms with E-state index in [0.29, 0.717) is 12.4 Å². The summed E-state index contributed by atoms with van der Waals surface area (Å²) >= 11 is 0. The van der Waals surface area contributed by atoms with Crippen LogP contribution in [0.5, 0.6) is 5.75 Å². The fourth-order valence-electron chi connectivity index (χ4n) is 4.27. The molecule has 0 bridgehead atoms. The third-order valence-electron chi connectivity index (χ3n) is 6.15. The Labute approximate surface area is 194 Å². The fraction of sp³-hybridized carbons (Fsp3) is 0.346. The molecular weight excluding hydrogens is 412 g/mol. The molecule has 1 aliphatic heterocycles. The van der Waals surface area contributed by atoms with E-state index in [9.17, 15) is 0 Å². The van der Waals surface area contributed by atoms with Gasteiger partial charge in [0.25, 0.3) is 0 Å². The zero-order valence-electron chi connectivity index (χ0n) is 19.3. The lowest BCUT2D eigenvalue weighted by Crippen LogP contribution is -2.40. The number of amidine groups is 2. The molecule has 172 valence electrons. The van der Waals surface area contributed by atoms with Crippen molar-refractivity contribution in [2.24, 2.45) is 5.73 Å². The molecule has 0 unspecified atom stereocenters. The molecule has 0 atom stereocenters. The number of piperidine rings is 1. The first-order valence-electron chi connectivity index (χ1n) is 11.5. The van der Waals surface area contributed by atoms with Crippen LogP contribution in [0, 0.1) is 10.8 Å². The van der Waals surface area contributed by atoms with Crippen molar-refractivity contribution in [1.82, 2.24) is 14.5 Å². The Kier molecular flexibility index (Phi) is 6.77. The van der Waals surface area contributed by atoms with Crippen LogP contribution in [0.4, 0.5) is 0 Å². The zero-order chi connectivity index (χ0) is 23.4. The third-order valence-corrected chi connectivity index (χ3v) is 6.15. The van der Waals surface area contributed by atoms with Crippen molar-refractivity contribution in [3.63, 3.8) is 0 Å². The predicted octanol–water partition coefficient (Wildman–Crippen LogP) is 4.44. The van der Waals surface area contributed by atoms with Gasteiger partial charge in [-0.1, -0.05) is 43.3 Å². The van der Waals surface area contributed by atoms with Crippen LogP contribution in [0.3, 0.4) is 0 Å². The second-order valence-corrected chi connectivity index (χ2v) is 8.47. The molecule has 1 aromatic heterocycles. The Morgan fingerprint density at radius 2 is 1.88 bits per heavy atom. The highest BCUT2D eigenvalue weighted by molar-refractivity contribution is 5.95. The van der Waals surface area contributed by atoms with Gasteiger partial charge >= 0.3 is 0 Å². The second-order valence-electron chi connectivity index (χ2n) is 8.47. The van der Waals surface area contributed by atoms with Crippen LogP contribution in [0.15, 0.2) is 48.5 Å². The van der Waals surface area contributed by atoms with Crippen molar-refractivity contribution in [1.29, 1.82) is 10.8 Å². The van der Waals surface area contributed by atoms with E-state index in [0.717, 1.165) is 66.1 Å². The van der Waals surface area contributed by atoms with E-state index in [1.165, 1.54) is 0 Å². The fourth-order valence-corrected chi connectivity index (χ4v) is 4.27. The number of aryl methyl sites for hydroxylation is 1. The first-order chi connectivity index (χ1) is 15.9. The Morgan fingerprint density at radius 3 is 2.52 bits per heavy atom. The monoisotopic (exact) mass is 444 g/mol. The summed E-state index contributed by atoms with van der Waals surface area (Å²) in [4.78, 5) is 6.91. The minimum Gasteiger partial charge on any atom is -0.490 e. The number of nitrogen functional groups attached to an aromatic ring is 1. The number of ether oxygens (including phenoxy) is 1. The van der Waals surface area contributed by atoms with E-state index < -0.39 is 0 Å². The lowest BCUT2D eigenvalue weighted by molar-refractivity contribution is 0.130. The molecular formula is C26H32N6O. The Bertz CT molecular complexity index is 1170. The van der Waals surface area contributed by atoms with Crippen molar-refractivity contribution in [2.45, 2.75) is 45.8 Å². The molecule has 0 radical (unpaired) electrons. The highest BCUT2D eigenvalue weighted by Gasteiger charge is 2.21. The third kappa shape index (κ3) is 5.25. The summed E-state index contributed by atoms with van der Waals surface area (Å²) < 4.78 is 8.55. The van der Waals surface area contributed by atoms with Crippen LogP contribution in [-0.2, 0) is 13.0 Å². The minimum atomic E-state index is 0.0800. The maximum absolute atomic E-state index is 7.80. The van der Waals surface area contributed by atoms with Crippen LogP contribution in [0.25, 0.3) is 17.1 Å². The van der Waals surface area contributed by atoms with Gasteiger partial charge in [0, 0.05) is 50.5 Å². The summed E-state index contributed by atoms with van der Waals surface area (Å²) in [6.45, 7) is 6.43. The van der Waals surface area contributed by atoms with E-state index in [-0.39, 0.29) is 11.9 Å². The van der Waals surface area contributed by atoms with Gasteiger partial charge in [0.15, 0.2) is 0 Å². The number of hydrogen-bond donors (Lipinski definition) is 3. The van der Waals surface area contributed by atoms with Crippen LogP contribution in [0.1, 0.15) is 43.6 Å². The lowest BCUT2D eigenvalue weighted by Gasteiger charge is -2.32. The van der Waals surface area contributed by atoms with Crippen LogP contribution in [-0.4, -0.2) is 45.3 Å². The Morgan fingerprint density at radius 1 is 1.15 bits per heavy atom. The summed E-state index contributed by atoms with van der Waals surface area (Å²) in [5.74, 6) is 2.64. The highest BCUT2D eigenvalue weighted by Crippen LogP contribution is 2.25. The number of imidazole rings is 1. The number of fused-ring (bicyclic) bond motifs is 1. The Hall–Kier alpha value is -3.61. The standard InChI is InChI=1S/C26H32N6O/c1-3-25-30-23-11-10-22(33-21-12-15-31(16-13-21)18(2)27)17-24(23)32(25)14-4-5-19-6-8-20(9-7-19)26(28)29/h4-11,17,21,27H,3,12-16H2,1-2H3,(H3,28,29)/b5-4+,27-18?. The van der Waals surface area contributed by atoms with Crippen molar-refractivity contribution in [3.05, 3.63) is 65.5 Å². The topological polar surface area (TPSA) is 104 Å². The van der Waals surface area contributed by atoms with Crippen LogP contribution in [0.2, 0.25) is 0 Å². The SMILES string of the molecule is CCc1nc2ccc(OC3CCN(C(C)=N)CC3)cc2n1C/C=C/c1ccc(C(=N)N)cc1. The highest BCUT2D eigenvalue weighted by atomic mass is 16.5. The van der Waals surface area contributed by atoms with E-state index in [2.05, 4.69) is 34.6 Å². The van der Waals surface area contributed by atoms with Crippen molar-refractivity contribution < 1.29 is 4.74 Å². The van der Waals surface area contributed by atoms with Crippen molar-refractivity contribution in [3.8, 4) is 5.75 Å². The minimum absolute atomic E-state index is 0.0800. The van der Waals surface area contributed by atoms with Gasteiger partial charge in [-0.05, 0) is 24.6 Å². The molecule has 0 spiro atoms. The molecule has 0 aliphatic carbocycles. The molecule has 1 fully saturated rings. The van der Waals surface area contributed by atoms with Gasteiger partial charge in [0.2, 0.25) is 0 Å². The number of rotatable bonds is 7. The summed E-state index contributed by atoms with van der Waals surface area (Å²) in [6, 6.07) is 13.8. The van der Waals surface area contributed by atoms with Gasteiger partial charge in [0.1, 0.15) is 23.5 Å². The molecule has 2 heterocycles. The summed E-state index contributed by atoms with van der Waals surface area (Å²) in [6.07, 6.45) is 7.10. The number of hydrogen-bond acceptors (Lipinski definition) is 4. The number of aromatic nitrogens is 2. The molecule has 2 aromatic carbocycles. The first-order valence-corrected chi connectivity index (χ1v) is 11.5. The van der Waals surface area contributed by atoms with Crippen molar-refractivity contribution >= 4 is 28.8 Å². The molecule has 1 aliphatic rings. The van der Waals surface area contributed by atoms with E-state index in [1.54, 1.807) is 0 Å². The lowest BCUT2D eigenvalue weighted by atomic mass is 10.1. The number of likely N-dealkylation sites (tertiary alicyclic amines) is 1. The summed E-state index contributed by atoms with van der Waals surface area (Å²) in [7, 11) is 0. The first kappa shape index (κ1) is 22.6. The largest absolute Gasteiger partial charge is 0.490 e. The maximum Gasteiger partial charge on any atom is 0.122 e. The normalized spacial score (nSPS) is 14.8. The number of nitrogens with zero attached hydrogens (tertiary/aromatic N) is 3. The number of benzene rings is 2. The van der Waals surface area contributed by atoms with Gasteiger partial charge in [-0.3, -0.25) is 10.8 Å². The summed E-state index contributed by atoms with van der Waals surface area (Å²) in [5, 5.41) is 15.3. The van der Waals surface area contributed by atoms with Gasteiger partial charge in [-0.15, -0.1) is 0 Å². The average molecular weight is 445 g/mol. The van der Waals surface area contributed by atoms with Gasteiger partial charge in [-0.2, -0.15) is 0 Å². The van der Waals surface area contributed by atoms with E-state index >= 15 is 0 Å². The van der Waals surface area contributed by atoms with E-state index in [4.69, 9.17) is 26.3 Å². The molecule has 0 amide bonds. The predicted molar refractivity (Wildman–Crippen MR) is 134 cm³/mol. The second kappa shape index (κ2) is 9.90.